The third-order valence-electron chi connectivity index (χ3n) is 5.53. The van der Waals surface area contributed by atoms with E-state index in [0.29, 0.717) is 5.57 Å². The second kappa shape index (κ2) is 12.0. The lowest BCUT2D eigenvalue weighted by atomic mass is 9.94. The minimum Gasteiger partial charge on any atom is -0.489 e. The molecule has 172 valence electrons. The Morgan fingerprint density at radius 2 is 1.61 bits per heavy atom. The second-order valence-electron chi connectivity index (χ2n) is 8.00. The van der Waals surface area contributed by atoms with Crippen molar-refractivity contribution in [1.82, 2.24) is 0 Å². The summed E-state index contributed by atoms with van der Waals surface area (Å²) in [6, 6.07) is 22.9. The molecule has 3 rings (SSSR count). The Balaban J connectivity index is 1.73. The van der Waals surface area contributed by atoms with Crippen LogP contribution in [0, 0.1) is 0 Å². The Hall–Kier alpha value is -3.37. The van der Waals surface area contributed by atoms with E-state index >= 15 is 0 Å². The first-order valence-corrected chi connectivity index (χ1v) is 11.4. The van der Waals surface area contributed by atoms with Crippen molar-refractivity contribution in [2.75, 3.05) is 19.8 Å². The van der Waals surface area contributed by atoms with E-state index in [9.17, 15) is 4.79 Å². The summed E-state index contributed by atoms with van der Waals surface area (Å²) in [7, 11) is 0. The van der Waals surface area contributed by atoms with Gasteiger partial charge in [0.25, 0.3) is 0 Å². The first-order valence-electron chi connectivity index (χ1n) is 11.4. The summed E-state index contributed by atoms with van der Waals surface area (Å²) in [5, 5.41) is 9.13. The summed E-state index contributed by atoms with van der Waals surface area (Å²) >= 11 is 0. The van der Waals surface area contributed by atoms with Gasteiger partial charge in [-0.3, -0.25) is 0 Å². The van der Waals surface area contributed by atoms with Gasteiger partial charge in [-0.2, -0.15) is 0 Å². The highest BCUT2D eigenvalue weighted by atomic mass is 16.6. The summed E-state index contributed by atoms with van der Waals surface area (Å²) in [6.07, 6.45) is 2.67. The zero-order valence-electron chi connectivity index (χ0n) is 19.5. The van der Waals surface area contributed by atoms with Crippen LogP contribution in [0.25, 0.3) is 22.3 Å². The maximum atomic E-state index is 11.5. The highest BCUT2D eigenvalue weighted by Crippen LogP contribution is 2.32. The van der Waals surface area contributed by atoms with Crippen LogP contribution in [0.15, 0.2) is 78.9 Å². The molecule has 0 radical (unpaired) electrons. The van der Waals surface area contributed by atoms with Gasteiger partial charge in [-0.15, -0.1) is 0 Å². The van der Waals surface area contributed by atoms with Crippen molar-refractivity contribution in [3.05, 3.63) is 90.0 Å². The van der Waals surface area contributed by atoms with Gasteiger partial charge in [0, 0.05) is 17.7 Å². The highest BCUT2D eigenvalue weighted by Gasteiger charge is 2.09. The lowest BCUT2D eigenvalue weighted by Crippen LogP contribution is -2.12. The largest absolute Gasteiger partial charge is 0.489 e. The predicted molar refractivity (Wildman–Crippen MR) is 133 cm³/mol. The van der Waals surface area contributed by atoms with Gasteiger partial charge in [0.1, 0.15) is 19.0 Å². The second-order valence-corrected chi connectivity index (χ2v) is 8.00. The molecule has 0 aliphatic rings. The van der Waals surface area contributed by atoms with Crippen molar-refractivity contribution in [1.29, 1.82) is 0 Å². The number of aryl methyl sites for hydroxylation is 2. The van der Waals surface area contributed by atoms with Crippen molar-refractivity contribution in [2.24, 2.45) is 0 Å². The highest BCUT2D eigenvalue weighted by molar-refractivity contribution is 5.86. The molecule has 0 aliphatic carbocycles. The molecule has 1 N–H and O–H groups in total. The Labute approximate surface area is 196 Å². The molecular weight excluding hydrogens is 412 g/mol. The third kappa shape index (κ3) is 6.56. The number of aliphatic hydroxyl groups is 1. The third-order valence-corrected chi connectivity index (χ3v) is 5.53. The van der Waals surface area contributed by atoms with Crippen LogP contribution < -0.4 is 4.74 Å². The molecule has 0 heterocycles. The number of aliphatic hydroxyl groups excluding tert-OH is 1. The van der Waals surface area contributed by atoms with E-state index in [-0.39, 0.29) is 19.8 Å². The van der Waals surface area contributed by atoms with Gasteiger partial charge in [-0.05, 0) is 60.1 Å². The zero-order chi connectivity index (χ0) is 23.6. The van der Waals surface area contributed by atoms with Crippen LogP contribution in [0.5, 0.6) is 5.75 Å². The number of esters is 1. The molecule has 0 amide bonds. The lowest BCUT2D eigenvalue weighted by molar-refractivity contribution is -0.139. The minimum atomic E-state index is -0.407. The topological polar surface area (TPSA) is 55.8 Å². The van der Waals surface area contributed by atoms with E-state index in [1.54, 1.807) is 6.92 Å². The molecule has 33 heavy (non-hydrogen) atoms. The van der Waals surface area contributed by atoms with Gasteiger partial charge in [-0.1, -0.05) is 74.2 Å². The van der Waals surface area contributed by atoms with E-state index in [1.807, 2.05) is 24.3 Å². The van der Waals surface area contributed by atoms with E-state index in [2.05, 4.69) is 56.0 Å². The lowest BCUT2D eigenvalue weighted by Gasteiger charge is -2.13. The Morgan fingerprint density at radius 3 is 2.30 bits per heavy atom. The SMILES string of the molecule is C=C(C)C(=O)OCCOc1ccccc1-c1ccc(-c2ccc(CCCO)c(CC)c2)cc1. The number of ether oxygens (including phenoxy) is 2. The van der Waals surface area contributed by atoms with E-state index < -0.39 is 5.97 Å². The fourth-order valence-corrected chi connectivity index (χ4v) is 3.73. The molecule has 0 fully saturated rings. The van der Waals surface area contributed by atoms with Gasteiger partial charge >= 0.3 is 5.97 Å². The van der Waals surface area contributed by atoms with E-state index in [4.69, 9.17) is 14.6 Å². The van der Waals surface area contributed by atoms with Crippen LogP contribution in [0.1, 0.15) is 31.4 Å². The number of hydrogen-bond donors (Lipinski definition) is 1. The van der Waals surface area contributed by atoms with Crippen LogP contribution in [0.2, 0.25) is 0 Å². The Kier molecular flexibility index (Phi) is 8.85. The summed E-state index contributed by atoms with van der Waals surface area (Å²) in [5.74, 6) is 0.341. The molecule has 0 saturated heterocycles. The van der Waals surface area contributed by atoms with Crippen molar-refractivity contribution in [2.45, 2.75) is 33.1 Å². The first-order chi connectivity index (χ1) is 16.0. The number of rotatable bonds is 11. The van der Waals surface area contributed by atoms with E-state index in [0.717, 1.165) is 41.7 Å². The summed E-state index contributed by atoms with van der Waals surface area (Å²) in [6.45, 7) is 8.03. The number of hydrogen-bond acceptors (Lipinski definition) is 4. The molecular formula is C29H32O4. The summed E-state index contributed by atoms with van der Waals surface area (Å²) < 4.78 is 11.0. The fraction of sp³-hybridized carbons (Fsp3) is 0.276. The molecule has 0 aromatic heterocycles. The minimum absolute atomic E-state index is 0.174. The molecule has 4 nitrogen and oxygen atoms in total. The molecule has 3 aromatic carbocycles. The molecule has 0 aliphatic heterocycles. The van der Waals surface area contributed by atoms with Crippen LogP contribution in [0.4, 0.5) is 0 Å². The zero-order valence-corrected chi connectivity index (χ0v) is 19.5. The molecule has 3 aromatic rings. The van der Waals surface area contributed by atoms with E-state index in [1.165, 1.54) is 16.7 Å². The number of carbonyl (C=O) groups is 1. The van der Waals surface area contributed by atoms with Gasteiger partial charge in [0.2, 0.25) is 0 Å². The number of carbonyl (C=O) groups excluding carboxylic acids is 1. The molecule has 0 saturated carbocycles. The average molecular weight is 445 g/mol. The molecule has 4 heteroatoms. The normalized spacial score (nSPS) is 10.6. The molecule has 0 atom stereocenters. The van der Waals surface area contributed by atoms with Crippen molar-refractivity contribution in [3.63, 3.8) is 0 Å². The average Bonchev–Trinajstić information content (AvgIpc) is 2.85. The Bertz CT molecular complexity index is 1080. The molecule has 0 spiro atoms. The summed E-state index contributed by atoms with van der Waals surface area (Å²) in [5.41, 5.74) is 7.42. The van der Waals surface area contributed by atoms with Crippen LogP contribution >= 0.6 is 0 Å². The molecule has 0 unspecified atom stereocenters. The number of para-hydroxylation sites is 1. The van der Waals surface area contributed by atoms with Gasteiger partial charge in [-0.25, -0.2) is 4.79 Å². The quantitative estimate of drug-likeness (QED) is 0.224. The monoisotopic (exact) mass is 444 g/mol. The maximum Gasteiger partial charge on any atom is 0.333 e. The molecule has 0 bridgehead atoms. The van der Waals surface area contributed by atoms with Gasteiger partial charge in [0.15, 0.2) is 0 Å². The first kappa shape index (κ1) is 24.3. The van der Waals surface area contributed by atoms with Crippen LogP contribution in [0.3, 0.4) is 0 Å². The van der Waals surface area contributed by atoms with Crippen molar-refractivity contribution >= 4 is 5.97 Å². The van der Waals surface area contributed by atoms with Crippen LogP contribution in [-0.4, -0.2) is 30.9 Å². The maximum absolute atomic E-state index is 11.5. The van der Waals surface area contributed by atoms with Crippen LogP contribution in [-0.2, 0) is 22.4 Å². The number of benzene rings is 3. The van der Waals surface area contributed by atoms with Gasteiger partial charge < -0.3 is 14.6 Å². The van der Waals surface area contributed by atoms with Crippen molar-refractivity contribution < 1.29 is 19.4 Å². The predicted octanol–water partition coefficient (Wildman–Crippen LogP) is 6.01. The summed E-state index contributed by atoms with van der Waals surface area (Å²) in [4.78, 5) is 11.5. The van der Waals surface area contributed by atoms with Crippen molar-refractivity contribution in [3.8, 4) is 28.0 Å². The fourth-order valence-electron chi connectivity index (χ4n) is 3.73. The van der Waals surface area contributed by atoms with Gasteiger partial charge in [0.05, 0.1) is 0 Å². The Morgan fingerprint density at radius 1 is 0.909 bits per heavy atom. The standard InChI is InChI=1S/C29H32O4/c1-4-22-20-26(16-13-23(22)8-7-17-30)24-11-14-25(15-12-24)27-9-5-6-10-28(27)32-18-19-33-29(31)21(2)3/h5-6,9-16,20,30H,2,4,7-8,17-19H2,1,3H3. The smallest absolute Gasteiger partial charge is 0.333 e.